The van der Waals surface area contributed by atoms with E-state index < -0.39 is 15.8 Å². The molecule has 4 nitrogen and oxygen atoms in total. The van der Waals surface area contributed by atoms with Gasteiger partial charge in [0.15, 0.2) is 0 Å². The van der Waals surface area contributed by atoms with E-state index in [0.29, 0.717) is 10.0 Å². The summed E-state index contributed by atoms with van der Waals surface area (Å²) >= 11 is 3.12. The highest BCUT2D eigenvalue weighted by molar-refractivity contribution is 9.10. The lowest BCUT2D eigenvalue weighted by Crippen LogP contribution is -2.16. The second kappa shape index (κ2) is 6.13. The van der Waals surface area contributed by atoms with E-state index in [-0.39, 0.29) is 17.1 Å². The van der Waals surface area contributed by atoms with E-state index in [1.54, 1.807) is 25.1 Å². The Bertz CT molecular complexity index is 779. The van der Waals surface area contributed by atoms with Crippen molar-refractivity contribution in [3.63, 3.8) is 0 Å². The predicted molar refractivity (Wildman–Crippen MR) is 84.0 cm³/mol. The van der Waals surface area contributed by atoms with E-state index >= 15 is 0 Å². The molecule has 3 N–H and O–H groups in total. The van der Waals surface area contributed by atoms with Crippen LogP contribution in [0.1, 0.15) is 11.1 Å². The largest absolute Gasteiger partial charge is 0.326 e. The van der Waals surface area contributed by atoms with Crippen molar-refractivity contribution in [2.75, 3.05) is 4.72 Å². The van der Waals surface area contributed by atoms with Gasteiger partial charge in [-0.1, -0.05) is 28.1 Å². The van der Waals surface area contributed by atoms with Crippen molar-refractivity contribution in [2.45, 2.75) is 18.4 Å². The molecular formula is C14H14BrFN2O2S. The normalized spacial score (nSPS) is 11.4. The zero-order valence-electron chi connectivity index (χ0n) is 11.2. The number of sulfonamides is 1. The van der Waals surface area contributed by atoms with Crippen LogP contribution in [-0.4, -0.2) is 8.42 Å². The minimum atomic E-state index is -3.87. The lowest BCUT2D eigenvalue weighted by atomic mass is 10.1. The average molecular weight is 373 g/mol. The van der Waals surface area contributed by atoms with Gasteiger partial charge in [0.2, 0.25) is 0 Å². The monoisotopic (exact) mass is 372 g/mol. The maximum Gasteiger partial charge on any atom is 0.262 e. The maximum atomic E-state index is 13.8. The van der Waals surface area contributed by atoms with Gasteiger partial charge >= 0.3 is 0 Å². The van der Waals surface area contributed by atoms with Gasteiger partial charge in [-0.2, -0.15) is 0 Å². The summed E-state index contributed by atoms with van der Waals surface area (Å²) in [4.78, 5) is 0.0905. The number of anilines is 1. The zero-order valence-corrected chi connectivity index (χ0v) is 13.6. The Hall–Kier alpha value is -1.44. The van der Waals surface area contributed by atoms with E-state index in [1.165, 1.54) is 18.2 Å². The maximum absolute atomic E-state index is 13.8. The van der Waals surface area contributed by atoms with Gasteiger partial charge in [-0.25, -0.2) is 12.8 Å². The first-order valence-electron chi connectivity index (χ1n) is 6.11. The van der Waals surface area contributed by atoms with Gasteiger partial charge in [-0.3, -0.25) is 4.72 Å². The van der Waals surface area contributed by atoms with Crippen LogP contribution in [-0.2, 0) is 16.6 Å². The smallest absolute Gasteiger partial charge is 0.262 e. The predicted octanol–water partition coefficient (Wildman–Crippen LogP) is 3.16. The number of benzene rings is 2. The lowest BCUT2D eigenvalue weighted by Gasteiger charge is -2.13. The van der Waals surface area contributed by atoms with Gasteiger partial charge in [-0.05, 0) is 42.3 Å². The van der Waals surface area contributed by atoms with Crippen LogP contribution < -0.4 is 10.5 Å². The summed E-state index contributed by atoms with van der Waals surface area (Å²) in [5.74, 6) is -0.652. The number of rotatable bonds is 4. The van der Waals surface area contributed by atoms with Gasteiger partial charge in [0.1, 0.15) is 5.82 Å². The van der Waals surface area contributed by atoms with Gasteiger partial charge in [-0.15, -0.1) is 0 Å². The summed E-state index contributed by atoms with van der Waals surface area (Å²) in [6, 6.07) is 8.95. The van der Waals surface area contributed by atoms with E-state index in [4.69, 9.17) is 5.73 Å². The molecule has 0 unspecified atom stereocenters. The summed E-state index contributed by atoms with van der Waals surface area (Å²) < 4.78 is 41.3. The van der Waals surface area contributed by atoms with E-state index in [9.17, 15) is 12.8 Å². The number of nitrogens with one attached hydrogen (secondary N) is 1. The zero-order chi connectivity index (χ0) is 15.6. The lowest BCUT2D eigenvalue weighted by molar-refractivity contribution is 0.597. The Morgan fingerprint density at radius 2 is 2.00 bits per heavy atom. The molecule has 0 spiro atoms. The Morgan fingerprint density at radius 3 is 2.62 bits per heavy atom. The molecular weight excluding hydrogens is 359 g/mol. The van der Waals surface area contributed by atoms with Crippen LogP contribution in [0.3, 0.4) is 0 Å². The molecule has 0 bridgehead atoms. The molecule has 0 radical (unpaired) electrons. The van der Waals surface area contributed by atoms with Crippen LogP contribution in [0.25, 0.3) is 0 Å². The molecule has 0 aliphatic carbocycles. The summed E-state index contributed by atoms with van der Waals surface area (Å²) in [6.07, 6.45) is 0. The fraction of sp³-hybridized carbons (Fsp3) is 0.143. The van der Waals surface area contributed by atoms with Gasteiger partial charge < -0.3 is 5.73 Å². The highest BCUT2D eigenvalue weighted by Crippen LogP contribution is 2.25. The van der Waals surface area contributed by atoms with Crippen LogP contribution in [0.5, 0.6) is 0 Å². The average Bonchev–Trinajstić information content (AvgIpc) is 2.42. The molecule has 0 amide bonds. The molecule has 112 valence electrons. The molecule has 2 aromatic rings. The van der Waals surface area contributed by atoms with Crippen LogP contribution in [0.4, 0.5) is 10.1 Å². The second-order valence-corrected chi connectivity index (χ2v) is 7.04. The van der Waals surface area contributed by atoms with Crippen LogP contribution >= 0.6 is 15.9 Å². The summed E-state index contributed by atoms with van der Waals surface area (Å²) in [5.41, 5.74) is 6.77. The molecule has 0 saturated carbocycles. The van der Waals surface area contributed by atoms with Gasteiger partial charge in [0, 0.05) is 11.0 Å². The van der Waals surface area contributed by atoms with Crippen molar-refractivity contribution < 1.29 is 12.8 Å². The Labute approximate surface area is 131 Å². The Balaban J connectivity index is 2.43. The van der Waals surface area contributed by atoms with Gasteiger partial charge in [0.25, 0.3) is 10.0 Å². The number of nitrogens with two attached hydrogens (primary N) is 1. The number of hydrogen-bond acceptors (Lipinski definition) is 3. The topological polar surface area (TPSA) is 72.2 Å². The first-order chi connectivity index (χ1) is 9.85. The molecule has 2 aromatic carbocycles. The third-order valence-corrected chi connectivity index (χ3v) is 5.08. The summed E-state index contributed by atoms with van der Waals surface area (Å²) in [6.45, 7) is 1.91. The minimum absolute atomic E-state index is 0.0905. The van der Waals surface area contributed by atoms with Crippen LogP contribution in [0.2, 0.25) is 0 Å². The quantitative estimate of drug-likeness (QED) is 0.865. The first-order valence-corrected chi connectivity index (χ1v) is 8.39. The summed E-state index contributed by atoms with van der Waals surface area (Å²) in [7, 11) is -3.87. The van der Waals surface area contributed by atoms with Crippen molar-refractivity contribution in [2.24, 2.45) is 5.73 Å². The van der Waals surface area contributed by atoms with Crippen LogP contribution in [0, 0.1) is 12.7 Å². The molecule has 0 fully saturated rings. The van der Waals surface area contributed by atoms with Gasteiger partial charge in [0.05, 0.1) is 10.6 Å². The third kappa shape index (κ3) is 3.42. The van der Waals surface area contributed by atoms with Crippen molar-refractivity contribution in [3.8, 4) is 0 Å². The fourth-order valence-corrected chi connectivity index (χ4v) is 3.63. The van der Waals surface area contributed by atoms with Crippen molar-refractivity contribution in [1.82, 2.24) is 0 Å². The first kappa shape index (κ1) is 15.9. The van der Waals surface area contributed by atoms with Crippen LogP contribution in [0.15, 0.2) is 45.8 Å². The van der Waals surface area contributed by atoms with Crippen molar-refractivity contribution in [3.05, 3.63) is 57.8 Å². The third-order valence-electron chi connectivity index (χ3n) is 3.08. The molecule has 0 aliphatic rings. The van der Waals surface area contributed by atoms with E-state index in [1.807, 2.05) is 0 Å². The molecule has 0 saturated heterocycles. The SMILES string of the molecule is Cc1c(CN)cccc1S(=O)(=O)Nc1ccc(Br)cc1F. The number of hydrogen-bond donors (Lipinski definition) is 2. The molecule has 21 heavy (non-hydrogen) atoms. The molecule has 7 heteroatoms. The Kier molecular flexibility index (Phi) is 4.65. The molecule has 0 heterocycles. The van der Waals surface area contributed by atoms with Crippen molar-refractivity contribution in [1.29, 1.82) is 0 Å². The summed E-state index contributed by atoms with van der Waals surface area (Å²) in [5, 5.41) is 0. The number of halogens is 2. The van der Waals surface area contributed by atoms with E-state index in [0.717, 1.165) is 5.56 Å². The molecule has 0 aliphatic heterocycles. The standard InChI is InChI=1S/C14H14BrFN2O2S/c1-9-10(8-17)3-2-4-14(9)21(19,20)18-13-6-5-11(15)7-12(13)16/h2-7,18H,8,17H2,1H3. The highest BCUT2D eigenvalue weighted by atomic mass is 79.9. The fourth-order valence-electron chi connectivity index (χ4n) is 1.94. The van der Waals surface area contributed by atoms with Crippen molar-refractivity contribution >= 4 is 31.6 Å². The molecule has 2 rings (SSSR count). The molecule has 0 aromatic heterocycles. The minimum Gasteiger partial charge on any atom is -0.326 e. The highest BCUT2D eigenvalue weighted by Gasteiger charge is 2.19. The van der Waals surface area contributed by atoms with E-state index in [2.05, 4.69) is 20.7 Å². The Morgan fingerprint density at radius 1 is 1.29 bits per heavy atom. The second-order valence-electron chi connectivity index (χ2n) is 4.47. The molecule has 0 atom stereocenters.